The van der Waals surface area contributed by atoms with Crippen LogP contribution in [0.3, 0.4) is 0 Å². The Bertz CT molecular complexity index is 766. The number of carboxylic acids is 1. The predicted octanol–water partition coefficient (Wildman–Crippen LogP) is 1.46. The molecule has 0 fully saturated rings. The first-order valence-electron chi connectivity index (χ1n) is 5.80. The maximum absolute atomic E-state index is 12.2. The normalized spacial score (nSPS) is 11.7. The van der Waals surface area contributed by atoms with Crippen LogP contribution in [-0.4, -0.2) is 35.8 Å². The standard InChI is InChI=1S/C11H12BrN3O4S2/c1-15-7(2-4-13-15)3-5-14-21(18,19)9-6-8(11(16)17)20-10(9)12/h2,4,6,14H,3,5H2,1H3,(H,16,17). The number of hydrogen-bond donors (Lipinski definition) is 2. The van der Waals surface area contributed by atoms with Crippen LogP contribution < -0.4 is 4.72 Å². The van der Waals surface area contributed by atoms with Crippen LogP contribution >= 0.6 is 27.3 Å². The number of aromatic carboxylic acids is 1. The lowest BCUT2D eigenvalue weighted by molar-refractivity contribution is 0.0702. The Hall–Kier alpha value is -1.23. The summed E-state index contributed by atoms with van der Waals surface area (Å²) in [6, 6.07) is 2.95. The van der Waals surface area contributed by atoms with Gasteiger partial charge in [0.1, 0.15) is 9.77 Å². The van der Waals surface area contributed by atoms with Crippen molar-refractivity contribution < 1.29 is 18.3 Å². The third-order valence-corrected chi connectivity index (χ3v) is 6.45. The van der Waals surface area contributed by atoms with Crippen LogP contribution in [0.1, 0.15) is 15.4 Å². The van der Waals surface area contributed by atoms with Crippen molar-refractivity contribution in [2.75, 3.05) is 6.54 Å². The highest BCUT2D eigenvalue weighted by Crippen LogP contribution is 2.31. The number of sulfonamides is 1. The van der Waals surface area contributed by atoms with Gasteiger partial charge >= 0.3 is 5.97 Å². The first-order valence-corrected chi connectivity index (χ1v) is 8.89. The molecular formula is C11H12BrN3O4S2. The lowest BCUT2D eigenvalue weighted by atomic mass is 10.3. The van der Waals surface area contributed by atoms with Gasteiger partial charge in [-0.2, -0.15) is 5.10 Å². The molecule has 7 nitrogen and oxygen atoms in total. The Kier molecular flexibility index (Phi) is 4.81. The fourth-order valence-electron chi connectivity index (χ4n) is 1.68. The molecule has 0 saturated heterocycles. The van der Waals surface area contributed by atoms with E-state index < -0.39 is 16.0 Å². The van der Waals surface area contributed by atoms with Crippen molar-refractivity contribution in [1.29, 1.82) is 0 Å². The van der Waals surface area contributed by atoms with E-state index in [0.717, 1.165) is 23.1 Å². The Morgan fingerprint density at radius 3 is 2.81 bits per heavy atom. The third kappa shape index (κ3) is 3.70. The fourth-order valence-corrected chi connectivity index (χ4v) is 5.11. The topological polar surface area (TPSA) is 101 Å². The maximum Gasteiger partial charge on any atom is 0.345 e. The minimum Gasteiger partial charge on any atom is -0.477 e. The van der Waals surface area contributed by atoms with Crippen molar-refractivity contribution in [2.24, 2.45) is 7.05 Å². The van der Waals surface area contributed by atoms with E-state index in [-0.39, 0.29) is 20.1 Å². The summed E-state index contributed by atoms with van der Waals surface area (Å²) >= 11 is 3.95. The molecule has 0 aliphatic heterocycles. The smallest absolute Gasteiger partial charge is 0.345 e. The summed E-state index contributed by atoms with van der Waals surface area (Å²) in [6.45, 7) is 0.201. The highest BCUT2D eigenvalue weighted by atomic mass is 79.9. The summed E-state index contributed by atoms with van der Waals surface area (Å²) in [5.41, 5.74) is 0.897. The average molecular weight is 394 g/mol. The number of aryl methyl sites for hydroxylation is 1. The van der Waals surface area contributed by atoms with Gasteiger partial charge in [-0.05, 0) is 28.1 Å². The van der Waals surface area contributed by atoms with Crippen LogP contribution in [-0.2, 0) is 23.5 Å². The second-order valence-electron chi connectivity index (χ2n) is 4.15. The van der Waals surface area contributed by atoms with E-state index in [1.54, 1.807) is 24.0 Å². The minimum absolute atomic E-state index is 0.0334. The zero-order chi connectivity index (χ0) is 15.6. The van der Waals surface area contributed by atoms with Gasteiger partial charge in [-0.15, -0.1) is 11.3 Å². The molecule has 2 aromatic rings. The molecular weight excluding hydrogens is 382 g/mol. The van der Waals surface area contributed by atoms with Crippen LogP contribution in [0.4, 0.5) is 0 Å². The molecule has 0 aromatic carbocycles. The Morgan fingerprint density at radius 1 is 1.57 bits per heavy atom. The molecule has 0 aliphatic carbocycles. The van der Waals surface area contributed by atoms with Crippen molar-refractivity contribution in [3.63, 3.8) is 0 Å². The number of thiophene rings is 1. The minimum atomic E-state index is -3.75. The number of carbonyl (C=O) groups is 1. The summed E-state index contributed by atoms with van der Waals surface area (Å²) in [7, 11) is -1.97. The summed E-state index contributed by atoms with van der Waals surface area (Å²) in [4.78, 5) is 10.8. The van der Waals surface area contributed by atoms with Gasteiger partial charge in [0.25, 0.3) is 0 Å². The lowest BCUT2D eigenvalue weighted by Crippen LogP contribution is -2.26. The molecule has 0 atom stereocenters. The van der Waals surface area contributed by atoms with E-state index in [4.69, 9.17) is 5.11 Å². The first-order chi connectivity index (χ1) is 9.81. The molecule has 0 unspecified atom stereocenters. The molecule has 2 rings (SSSR count). The van der Waals surface area contributed by atoms with Crippen molar-refractivity contribution in [2.45, 2.75) is 11.3 Å². The van der Waals surface area contributed by atoms with Gasteiger partial charge in [-0.25, -0.2) is 17.9 Å². The molecule has 114 valence electrons. The van der Waals surface area contributed by atoms with Gasteiger partial charge in [-0.3, -0.25) is 4.68 Å². The van der Waals surface area contributed by atoms with Gasteiger partial charge in [0.2, 0.25) is 10.0 Å². The molecule has 0 aliphatic rings. The number of carboxylic acid groups (broad SMARTS) is 1. The van der Waals surface area contributed by atoms with Crippen LogP contribution in [0.2, 0.25) is 0 Å². The SMILES string of the molecule is Cn1nccc1CCNS(=O)(=O)c1cc(C(=O)O)sc1Br. The number of nitrogens with one attached hydrogen (secondary N) is 1. The van der Waals surface area contributed by atoms with Crippen molar-refractivity contribution in [3.8, 4) is 0 Å². The zero-order valence-corrected chi connectivity index (χ0v) is 14.1. The Morgan fingerprint density at radius 2 is 2.29 bits per heavy atom. The quantitative estimate of drug-likeness (QED) is 0.773. The van der Waals surface area contributed by atoms with Gasteiger partial charge in [0.05, 0.1) is 3.79 Å². The molecule has 2 N–H and O–H groups in total. The van der Waals surface area contributed by atoms with Crippen molar-refractivity contribution in [1.82, 2.24) is 14.5 Å². The van der Waals surface area contributed by atoms with Gasteiger partial charge in [-0.1, -0.05) is 0 Å². The molecule has 2 heterocycles. The highest BCUT2D eigenvalue weighted by Gasteiger charge is 2.22. The maximum atomic E-state index is 12.2. The summed E-state index contributed by atoms with van der Waals surface area (Å²) in [5.74, 6) is -1.16. The van der Waals surface area contributed by atoms with Gasteiger partial charge < -0.3 is 5.11 Å². The number of hydrogen-bond acceptors (Lipinski definition) is 5. The highest BCUT2D eigenvalue weighted by molar-refractivity contribution is 9.11. The van der Waals surface area contributed by atoms with Crippen LogP contribution in [0, 0.1) is 0 Å². The van der Waals surface area contributed by atoms with Crippen molar-refractivity contribution in [3.05, 3.63) is 32.7 Å². The summed E-state index contributed by atoms with van der Waals surface area (Å²) in [5, 5.41) is 12.9. The van der Waals surface area contributed by atoms with Crippen LogP contribution in [0.5, 0.6) is 0 Å². The lowest BCUT2D eigenvalue weighted by Gasteiger charge is -2.06. The number of halogens is 1. The van der Waals surface area contributed by atoms with E-state index >= 15 is 0 Å². The molecule has 0 spiro atoms. The van der Waals surface area contributed by atoms with Gasteiger partial charge in [0, 0.05) is 31.9 Å². The number of rotatable bonds is 6. The second kappa shape index (κ2) is 6.26. The second-order valence-corrected chi connectivity index (χ2v) is 8.25. The third-order valence-electron chi connectivity index (χ3n) is 2.75. The molecule has 0 radical (unpaired) electrons. The van der Waals surface area contributed by atoms with Crippen molar-refractivity contribution >= 4 is 43.3 Å². The van der Waals surface area contributed by atoms with E-state index in [0.29, 0.717) is 6.42 Å². The zero-order valence-electron chi connectivity index (χ0n) is 10.9. The van der Waals surface area contributed by atoms with E-state index in [9.17, 15) is 13.2 Å². The van der Waals surface area contributed by atoms with E-state index in [1.807, 2.05) is 0 Å². The molecule has 0 amide bonds. The monoisotopic (exact) mass is 393 g/mol. The molecule has 0 saturated carbocycles. The van der Waals surface area contributed by atoms with E-state index in [1.165, 1.54) is 0 Å². The summed E-state index contributed by atoms with van der Waals surface area (Å²) in [6.07, 6.45) is 2.13. The Labute approximate surface area is 133 Å². The molecule has 10 heteroatoms. The van der Waals surface area contributed by atoms with Crippen LogP contribution in [0.15, 0.2) is 27.0 Å². The average Bonchev–Trinajstić information content (AvgIpc) is 2.96. The Balaban J connectivity index is 2.08. The number of aromatic nitrogens is 2. The predicted molar refractivity (Wildman–Crippen MR) is 81.1 cm³/mol. The molecule has 0 bridgehead atoms. The van der Waals surface area contributed by atoms with Gasteiger partial charge in [0.15, 0.2) is 0 Å². The van der Waals surface area contributed by atoms with Crippen LogP contribution in [0.25, 0.3) is 0 Å². The largest absolute Gasteiger partial charge is 0.477 e. The molecule has 2 aromatic heterocycles. The fraction of sp³-hybridized carbons (Fsp3) is 0.273. The number of nitrogens with zero attached hydrogens (tertiary/aromatic N) is 2. The summed E-state index contributed by atoms with van der Waals surface area (Å²) < 4.78 is 28.7. The first kappa shape index (κ1) is 16.1. The molecule has 21 heavy (non-hydrogen) atoms. The van der Waals surface area contributed by atoms with E-state index in [2.05, 4.69) is 25.8 Å².